The lowest BCUT2D eigenvalue weighted by Gasteiger charge is -2.08. The van der Waals surface area contributed by atoms with E-state index in [0.717, 1.165) is 11.8 Å². The molecule has 3 rings (SSSR count). The first-order valence-corrected chi connectivity index (χ1v) is 9.94. The van der Waals surface area contributed by atoms with Crippen LogP contribution in [0.3, 0.4) is 0 Å². The van der Waals surface area contributed by atoms with Crippen LogP contribution in [-0.2, 0) is 14.9 Å². The first-order chi connectivity index (χ1) is 12.4. The Morgan fingerprint density at radius 3 is 2.46 bits per heavy atom. The van der Waals surface area contributed by atoms with E-state index in [4.69, 9.17) is 21.1 Å². The van der Waals surface area contributed by atoms with Crippen LogP contribution < -0.4 is 14.2 Å². The van der Waals surface area contributed by atoms with E-state index in [0.29, 0.717) is 20.5 Å². The van der Waals surface area contributed by atoms with Gasteiger partial charge in [-0.2, -0.15) is 8.42 Å². The molecule has 0 radical (unpaired) electrons. The van der Waals surface area contributed by atoms with Gasteiger partial charge in [0.2, 0.25) is 0 Å². The quantitative estimate of drug-likeness (QED) is 0.464. The topological polar surface area (TPSA) is 81.7 Å². The number of nitrogens with one attached hydrogen (secondary N) is 1. The molecular formula is C17H13NO5S3. The van der Waals surface area contributed by atoms with Gasteiger partial charge in [-0.1, -0.05) is 36.1 Å². The maximum absolute atomic E-state index is 12.4. The van der Waals surface area contributed by atoms with Crippen LogP contribution in [-0.4, -0.2) is 25.8 Å². The van der Waals surface area contributed by atoms with Crippen LogP contribution in [0.25, 0.3) is 6.08 Å². The molecule has 0 aromatic heterocycles. The first kappa shape index (κ1) is 18.4. The van der Waals surface area contributed by atoms with Crippen molar-refractivity contribution in [3.8, 4) is 11.5 Å². The number of carbonyl (C=O) groups is 1. The smallest absolute Gasteiger partial charge is 0.339 e. The number of ether oxygens (including phenoxy) is 1. The summed E-state index contributed by atoms with van der Waals surface area (Å²) >= 11 is 6.08. The summed E-state index contributed by atoms with van der Waals surface area (Å²) in [7, 11) is -2.49. The number of amides is 1. The van der Waals surface area contributed by atoms with Gasteiger partial charge in [0.25, 0.3) is 5.91 Å². The SMILES string of the molecule is COc1ccc(S(=O)(=O)Oc2cccc(C=C3SC(=S)NC3=O)c2)cc1. The number of hydrogen-bond acceptors (Lipinski definition) is 7. The number of hydrogen-bond donors (Lipinski definition) is 1. The Labute approximate surface area is 160 Å². The molecular weight excluding hydrogens is 394 g/mol. The van der Waals surface area contributed by atoms with Crippen LogP contribution in [0.15, 0.2) is 58.3 Å². The summed E-state index contributed by atoms with van der Waals surface area (Å²) in [6.07, 6.45) is 1.62. The molecule has 0 atom stereocenters. The first-order valence-electron chi connectivity index (χ1n) is 7.31. The van der Waals surface area contributed by atoms with Crippen LogP contribution >= 0.6 is 24.0 Å². The fraction of sp³-hybridized carbons (Fsp3) is 0.0588. The standard InChI is InChI=1S/C17H13NO5S3/c1-22-12-5-7-14(8-6-12)26(20,21)23-13-4-2-3-11(9-13)10-15-16(19)18-17(24)25-15/h2-10H,1H3,(H,18,19,24). The van der Waals surface area contributed by atoms with Gasteiger partial charge >= 0.3 is 10.1 Å². The lowest BCUT2D eigenvalue weighted by Crippen LogP contribution is -2.17. The average molecular weight is 407 g/mol. The van der Waals surface area contributed by atoms with Crippen molar-refractivity contribution in [3.05, 3.63) is 59.0 Å². The Hall–Kier alpha value is -2.36. The van der Waals surface area contributed by atoms with E-state index in [2.05, 4.69) is 5.32 Å². The second-order valence-corrected chi connectivity index (χ2v) is 8.40. The molecule has 1 aliphatic rings. The van der Waals surface area contributed by atoms with Crippen molar-refractivity contribution < 1.29 is 22.1 Å². The van der Waals surface area contributed by atoms with Crippen molar-refractivity contribution in [1.29, 1.82) is 0 Å². The summed E-state index contributed by atoms with van der Waals surface area (Å²) in [6, 6.07) is 12.3. The van der Waals surface area contributed by atoms with E-state index in [9.17, 15) is 13.2 Å². The second-order valence-electron chi connectivity index (χ2n) is 5.14. The molecule has 26 heavy (non-hydrogen) atoms. The Morgan fingerprint density at radius 1 is 1.12 bits per heavy atom. The highest BCUT2D eigenvalue weighted by Gasteiger charge is 2.22. The highest BCUT2D eigenvalue weighted by molar-refractivity contribution is 8.26. The molecule has 2 aromatic carbocycles. The summed E-state index contributed by atoms with van der Waals surface area (Å²) in [5, 5.41) is 2.52. The zero-order valence-corrected chi connectivity index (χ0v) is 15.9. The van der Waals surface area contributed by atoms with Gasteiger partial charge in [-0.25, -0.2) is 0 Å². The minimum absolute atomic E-state index is 0.0122. The normalized spacial score (nSPS) is 15.8. The van der Waals surface area contributed by atoms with Crippen molar-refractivity contribution >= 4 is 50.4 Å². The molecule has 0 aliphatic carbocycles. The summed E-state index contributed by atoms with van der Waals surface area (Å²) in [4.78, 5) is 12.2. The van der Waals surface area contributed by atoms with Gasteiger partial charge in [0.15, 0.2) is 0 Å². The molecule has 1 amide bonds. The highest BCUT2D eigenvalue weighted by atomic mass is 32.2. The van der Waals surface area contributed by atoms with E-state index < -0.39 is 10.1 Å². The maximum atomic E-state index is 12.4. The lowest BCUT2D eigenvalue weighted by molar-refractivity contribution is -0.115. The van der Waals surface area contributed by atoms with E-state index in [1.165, 1.54) is 43.5 Å². The summed E-state index contributed by atoms with van der Waals surface area (Å²) in [6.45, 7) is 0. The molecule has 0 saturated carbocycles. The molecule has 1 fully saturated rings. The van der Waals surface area contributed by atoms with Crippen LogP contribution in [0.2, 0.25) is 0 Å². The van der Waals surface area contributed by atoms with E-state index in [-0.39, 0.29) is 16.6 Å². The number of methoxy groups -OCH3 is 1. The predicted octanol–water partition coefficient (Wildman–Crippen LogP) is 2.95. The van der Waals surface area contributed by atoms with Crippen LogP contribution in [0.4, 0.5) is 0 Å². The molecule has 1 saturated heterocycles. The number of thioether (sulfide) groups is 1. The molecule has 1 aliphatic heterocycles. The van der Waals surface area contributed by atoms with Crippen molar-refractivity contribution in [2.75, 3.05) is 7.11 Å². The number of rotatable bonds is 5. The Bertz CT molecular complexity index is 997. The molecule has 1 heterocycles. The van der Waals surface area contributed by atoms with Crippen molar-refractivity contribution in [1.82, 2.24) is 5.32 Å². The van der Waals surface area contributed by atoms with Gasteiger partial charge in [0.1, 0.15) is 20.7 Å². The third-order valence-corrected chi connectivity index (χ3v) is 5.78. The second kappa shape index (κ2) is 7.48. The minimum Gasteiger partial charge on any atom is -0.497 e. The van der Waals surface area contributed by atoms with Crippen LogP contribution in [0, 0.1) is 0 Å². The Morgan fingerprint density at radius 2 is 1.85 bits per heavy atom. The van der Waals surface area contributed by atoms with Crippen LogP contribution in [0.1, 0.15) is 5.56 Å². The number of thiocarbonyl (C=S) groups is 1. The molecule has 1 N–H and O–H groups in total. The molecule has 2 aromatic rings. The molecule has 9 heteroatoms. The van der Waals surface area contributed by atoms with Gasteiger partial charge in [-0.05, 0) is 48.0 Å². The van der Waals surface area contributed by atoms with Crippen LogP contribution in [0.5, 0.6) is 11.5 Å². The fourth-order valence-electron chi connectivity index (χ4n) is 2.15. The van der Waals surface area contributed by atoms with Crippen molar-refractivity contribution in [2.24, 2.45) is 0 Å². The Kier molecular flexibility index (Phi) is 5.30. The molecule has 0 bridgehead atoms. The predicted molar refractivity (Wildman–Crippen MR) is 104 cm³/mol. The zero-order chi connectivity index (χ0) is 18.7. The maximum Gasteiger partial charge on any atom is 0.339 e. The van der Waals surface area contributed by atoms with Crippen molar-refractivity contribution in [3.63, 3.8) is 0 Å². The summed E-state index contributed by atoms with van der Waals surface area (Å²) < 4.78 is 35.4. The van der Waals surface area contributed by atoms with Gasteiger partial charge in [-0.15, -0.1) is 0 Å². The molecule has 6 nitrogen and oxygen atoms in total. The third-order valence-electron chi connectivity index (χ3n) is 3.35. The Balaban J connectivity index is 1.83. The molecule has 0 unspecified atom stereocenters. The fourth-order valence-corrected chi connectivity index (χ4v) is 4.11. The lowest BCUT2D eigenvalue weighted by atomic mass is 10.2. The minimum atomic E-state index is -3.98. The molecule has 134 valence electrons. The van der Waals surface area contributed by atoms with Gasteiger partial charge in [-0.3, -0.25) is 4.79 Å². The zero-order valence-electron chi connectivity index (χ0n) is 13.5. The monoisotopic (exact) mass is 407 g/mol. The highest BCUT2D eigenvalue weighted by Crippen LogP contribution is 2.27. The molecule has 0 spiro atoms. The van der Waals surface area contributed by atoms with E-state index in [1.807, 2.05) is 0 Å². The largest absolute Gasteiger partial charge is 0.497 e. The van der Waals surface area contributed by atoms with E-state index >= 15 is 0 Å². The van der Waals surface area contributed by atoms with Gasteiger partial charge in [0, 0.05) is 0 Å². The van der Waals surface area contributed by atoms with E-state index in [1.54, 1.807) is 18.2 Å². The summed E-state index contributed by atoms with van der Waals surface area (Å²) in [5.74, 6) is 0.404. The van der Waals surface area contributed by atoms with Gasteiger partial charge < -0.3 is 14.2 Å². The number of carbonyl (C=O) groups excluding carboxylic acids is 1. The average Bonchev–Trinajstić information content (AvgIpc) is 2.92. The number of benzene rings is 2. The van der Waals surface area contributed by atoms with Crippen molar-refractivity contribution in [2.45, 2.75) is 4.90 Å². The van der Waals surface area contributed by atoms with Gasteiger partial charge in [0.05, 0.1) is 12.0 Å². The third kappa shape index (κ3) is 4.24. The summed E-state index contributed by atoms with van der Waals surface area (Å²) in [5.41, 5.74) is 0.620.